The Morgan fingerprint density at radius 2 is 0.772 bits per heavy atom. The minimum Gasteiger partial charge on any atom is -0.744 e. The van der Waals surface area contributed by atoms with Gasteiger partial charge in [0.25, 0.3) is 0 Å². The Hall–Kier alpha value is -0.814. The molecule has 0 unspecified atom stereocenters. The molecule has 322 valence electrons. The molecule has 0 heterocycles. The monoisotopic (exact) mass is 841 g/mol. The van der Waals surface area contributed by atoms with Crippen LogP contribution in [0, 0.1) is 0 Å². The molecule has 0 bridgehead atoms. The molecule has 1 aromatic rings. The first kappa shape index (κ1) is 56.2. The standard InChI is InChI=1S/C48H82O7S.K/c1-3-5-7-9-11-13-15-17-19-21-23-25-27-29-31-33-35-37-41-54-47(49)45-40-39-44(56(51,52)53)43-46(45)48(50)55-42-38-36-34-32-30-28-26-24-22-20-18-16-14-12-10-8-6-4-2;/h17-20,39-40,43H,3-16,21-38,41-42H2,1-2H3,(H,51,52,53);/q;+1/p-1/b19-17+,20-18+;. The normalized spacial score (nSPS) is 11.7. The van der Waals surface area contributed by atoms with Gasteiger partial charge in [0.05, 0.1) is 29.2 Å². The van der Waals surface area contributed by atoms with E-state index in [9.17, 15) is 22.6 Å². The molecule has 7 nitrogen and oxygen atoms in total. The van der Waals surface area contributed by atoms with Gasteiger partial charge in [-0.15, -0.1) is 0 Å². The summed E-state index contributed by atoms with van der Waals surface area (Å²) in [5, 5.41) is 0. The number of benzene rings is 1. The van der Waals surface area contributed by atoms with Gasteiger partial charge < -0.3 is 14.0 Å². The van der Waals surface area contributed by atoms with Gasteiger partial charge in [0, 0.05) is 0 Å². The van der Waals surface area contributed by atoms with E-state index in [1.165, 1.54) is 160 Å². The quantitative estimate of drug-likeness (QED) is 0.0213. The molecule has 0 N–H and O–H groups in total. The third-order valence-electron chi connectivity index (χ3n) is 10.5. The van der Waals surface area contributed by atoms with Gasteiger partial charge in [-0.3, -0.25) is 0 Å². The molecule has 0 aromatic heterocycles. The van der Waals surface area contributed by atoms with E-state index in [1.807, 2.05) is 0 Å². The van der Waals surface area contributed by atoms with E-state index >= 15 is 0 Å². The van der Waals surface area contributed by atoms with Gasteiger partial charge in [-0.05, 0) is 82.4 Å². The number of carbonyl (C=O) groups excluding carboxylic acids is 2. The van der Waals surface area contributed by atoms with Crippen LogP contribution in [0.5, 0.6) is 0 Å². The smallest absolute Gasteiger partial charge is 0.744 e. The first-order valence-electron chi connectivity index (χ1n) is 23.0. The number of allylic oxidation sites excluding steroid dienone is 4. The molecule has 57 heavy (non-hydrogen) atoms. The number of hydrogen-bond acceptors (Lipinski definition) is 7. The second kappa shape index (κ2) is 40.6. The molecule has 0 aliphatic rings. The van der Waals surface area contributed by atoms with E-state index in [2.05, 4.69) is 38.2 Å². The molecule has 0 aliphatic heterocycles. The van der Waals surface area contributed by atoms with Gasteiger partial charge in [-0.25, -0.2) is 18.0 Å². The maximum atomic E-state index is 12.9. The second-order valence-electron chi connectivity index (χ2n) is 15.7. The molecule has 0 saturated carbocycles. The van der Waals surface area contributed by atoms with E-state index < -0.39 is 27.0 Å². The zero-order valence-corrected chi connectivity index (χ0v) is 40.8. The molecule has 0 amide bonds. The maximum Gasteiger partial charge on any atom is 1.00 e. The Bertz CT molecular complexity index is 1280. The average molecular weight is 841 g/mol. The summed E-state index contributed by atoms with van der Waals surface area (Å²) in [7, 11) is -4.82. The number of hydrogen-bond donors (Lipinski definition) is 0. The molecule has 1 rings (SSSR count). The largest absolute Gasteiger partial charge is 1.00 e. The molecular weight excluding hydrogens is 760 g/mol. The fraction of sp³-hybridized carbons (Fsp3) is 0.750. The third-order valence-corrected chi connectivity index (χ3v) is 11.3. The van der Waals surface area contributed by atoms with Crippen LogP contribution in [0.25, 0.3) is 0 Å². The molecule has 1 aromatic carbocycles. The van der Waals surface area contributed by atoms with Gasteiger partial charge in [0.1, 0.15) is 10.1 Å². The molecule has 0 fully saturated rings. The van der Waals surface area contributed by atoms with Crippen molar-refractivity contribution in [2.45, 2.75) is 224 Å². The predicted molar refractivity (Wildman–Crippen MR) is 232 cm³/mol. The minimum absolute atomic E-state index is 0. The Balaban J connectivity index is 0.0000314. The van der Waals surface area contributed by atoms with Crippen LogP contribution in [0.4, 0.5) is 0 Å². The molecule has 0 radical (unpaired) electrons. The summed E-state index contributed by atoms with van der Waals surface area (Å²) >= 11 is 0. The first-order chi connectivity index (χ1) is 27.3. The van der Waals surface area contributed by atoms with Crippen molar-refractivity contribution in [1.29, 1.82) is 0 Å². The molecule has 0 atom stereocenters. The zero-order valence-electron chi connectivity index (χ0n) is 36.8. The Morgan fingerprint density at radius 1 is 0.474 bits per heavy atom. The van der Waals surface area contributed by atoms with E-state index in [-0.39, 0.29) is 75.7 Å². The van der Waals surface area contributed by atoms with Crippen LogP contribution in [0.1, 0.15) is 240 Å². The van der Waals surface area contributed by atoms with Gasteiger partial charge >= 0.3 is 63.3 Å². The van der Waals surface area contributed by atoms with Crippen molar-refractivity contribution in [2.75, 3.05) is 13.2 Å². The van der Waals surface area contributed by atoms with Gasteiger partial charge in [-0.2, -0.15) is 0 Å². The zero-order chi connectivity index (χ0) is 40.8. The number of carbonyl (C=O) groups is 2. The molecule has 0 saturated heterocycles. The van der Waals surface area contributed by atoms with E-state index in [0.717, 1.165) is 50.7 Å². The van der Waals surface area contributed by atoms with Crippen molar-refractivity contribution < 1.29 is 83.4 Å². The summed E-state index contributed by atoms with van der Waals surface area (Å²) in [5.74, 6) is -1.55. The molecular formula is C48H81KO7S. The Morgan fingerprint density at radius 3 is 1.11 bits per heavy atom. The Kier molecular flexibility index (Phi) is 40.0. The fourth-order valence-corrected chi connectivity index (χ4v) is 7.41. The van der Waals surface area contributed by atoms with Crippen LogP contribution >= 0.6 is 0 Å². The molecule has 0 spiro atoms. The van der Waals surface area contributed by atoms with Crippen LogP contribution in [0.15, 0.2) is 47.4 Å². The number of ether oxygens (including phenoxy) is 2. The van der Waals surface area contributed by atoms with Crippen molar-refractivity contribution >= 4 is 22.1 Å². The van der Waals surface area contributed by atoms with E-state index in [1.54, 1.807) is 0 Å². The summed E-state index contributed by atoms with van der Waals surface area (Å²) in [6.07, 6.45) is 47.9. The predicted octanol–water partition coefficient (Wildman–Crippen LogP) is 11.5. The van der Waals surface area contributed by atoms with Gasteiger partial charge in [0.15, 0.2) is 0 Å². The Labute approximate surface area is 392 Å². The van der Waals surface area contributed by atoms with Crippen LogP contribution in [-0.2, 0) is 19.6 Å². The van der Waals surface area contributed by atoms with Crippen molar-refractivity contribution in [3.8, 4) is 0 Å². The van der Waals surface area contributed by atoms with Crippen molar-refractivity contribution in [3.05, 3.63) is 53.6 Å². The summed E-state index contributed by atoms with van der Waals surface area (Å²) in [6, 6.07) is 3.14. The summed E-state index contributed by atoms with van der Waals surface area (Å²) in [6.45, 7) is 4.87. The van der Waals surface area contributed by atoms with Gasteiger partial charge in [0.2, 0.25) is 0 Å². The summed E-state index contributed by atoms with van der Waals surface area (Å²) in [5.41, 5.74) is -0.342. The maximum absolute atomic E-state index is 12.9. The number of esters is 2. The topological polar surface area (TPSA) is 110 Å². The third kappa shape index (κ3) is 33.6. The SMILES string of the molecule is CCCCCCCC/C=C/CCCCCCCCCCOC(=O)c1ccc(S(=O)(=O)[O-])cc1C(=O)OCCCCCCCCCC/C=C/CCCCCCCC.[K+]. The van der Waals surface area contributed by atoms with Gasteiger partial charge in [-0.1, -0.05) is 179 Å². The van der Waals surface area contributed by atoms with Crippen molar-refractivity contribution in [1.82, 2.24) is 0 Å². The molecule has 0 aliphatic carbocycles. The second-order valence-corrected chi connectivity index (χ2v) is 17.1. The number of rotatable bonds is 39. The van der Waals surface area contributed by atoms with Crippen LogP contribution in [0.3, 0.4) is 0 Å². The summed E-state index contributed by atoms with van der Waals surface area (Å²) < 4.78 is 45.8. The summed E-state index contributed by atoms with van der Waals surface area (Å²) in [4.78, 5) is 25.3. The van der Waals surface area contributed by atoms with Crippen LogP contribution in [0.2, 0.25) is 0 Å². The van der Waals surface area contributed by atoms with E-state index in [4.69, 9.17) is 9.47 Å². The minimum atomic E-state index is -4.82. The average Bonchev–Trinajstić information content (AvgIpc) is 3.18. The fourth-order valence-electron chi connectivity index (χ4n) is 6.92. The van der Waals surface area contributed by atoms with E-state index in [0.29, 0.717) is 12.8 Å². The van der Waals surface area contributed by atoms with Crippen LogP contribution in [-0.4, -0.2) is 38.1 Å². The van der Waals surface area contributed by atoms with Crippen LogP contribution < -0.4 is 51.4 Å². The number of unbranched alkanes of at least 4 members (excludes halogenated alkanes) is 28. The van der Waals surface area contributed by atoms with Crippen molar-refractivity contribution in [3.63, 3.8) is 0 Å². The van der Waals surface area contributed by atoms with Crippen molar-refractivity contribution in [2.24, 2.45) is 0 Å². The first-order valence-corrected chi connectivity index (χ1v) is 24.5. The molecule has 9 heteroatoms.